The van der Waals surface area contributed by atoms with Gasteiger partial charge in [0.05, 0.1) is 6.61 Å². The second-order valence-corrected chi connectivity index (χ2v) is 4.43. The SMILES string of the molecule is NC1(c2ccc3c(c2)CCO3)CCC1. The number of hydrogen-bond donors (Lipinski definition) is 1. The summed E-state index contributed by atoms with van der Waals surface area (Å²) in [7, 11) is 0. The largest absolute Gasteiger partial charge is 0.493 e. The van der Waals surface area contributed by atoms with Crippen LogP contribution in [0.15, 0.2) is 18.2 Å². The van der Waals surface area contributed by atoms with Gasteiger partial charge >= 0.3 is 0 Å². The first-order valence-corrected chi connectivity index (χ1v) is 5.33. The molecule has 14 heavy (non-hydrogen) atoms. The number of rotatable bonds is 1. The van der Waals surface area contributed by atoms with Gasteiger partial charge in [0.25, 0.3) is 0 Å². The number of nitrogens with two attached hydrogens (primary N) is 1. The number of ether oxygens (including phenoxy) is 1. The molecule has 1 heterocycles. The molecular weight excluding hydrogens is 174 g/mol. The van der Waals surface area contributed by atoms with Gasteiger partial charge in [-0.15, -0.1) is 0 Å². The standard InChI is InChI=1S/C12H15NO/c13-12(5-1-6-12)10-2-3-11-9(8-10)4-7-14-11/h2-3,8H,1,4-7,13H2. The molecule has 0 aromatic heterocycles. The van der Waals surface area contributed by atoms with E-state index in [9.17, 15) is 0 Å². The summed E-state index contributed by atoms with van der Waals surface area (Å²) in [6.45, 7) is 0.830. The lowest BCUT2D eigenvalue weighted by Crippen LogP contribution is -2.43. The Labute approximate surface area is 84.1 Å². The van der Waals surface area contributed by atoms with Crippen molar-refractivity contribution in [3.63, 3.8) is 0 Å². The van der Waals surface area contributed by atoms with Crippen LogP contribution >= 0.6 is 0 Å². The highest BCUT2D eigenvalue weighted by Gasteiger charge is 2.34. The third-order valence-electron chi connectivity index (χ3n) is 3.51. The Morgan fingerprint density at radius 2 is 2.14 bits per heavy atom. The summed E-state index contributed by atoms with van der Waals surface area (Å²) in [5.41, 5.74) is 8.88. The Kier molecular flexibility index (Phi) is 1.62. The lowest BCUT2D eigenvalue weighted by molar-refractivity contribution is 0.253. The van der Waals surface area contributed by atoms with E-state index in [1.165, 1.54) is 17.5 Å². The van der Waals surface area contributed by atoms with E-state index in [0.29, 0.717) is 0 Å². The monoisotopic (exact) mass is 189 g/mol. The molecule has 1 saturated carbocycles. The van der Waals surface area contributed by atoms with E-state index in [2.05, 4.69) is 18.2 Å². The van der Waals surface area contributed by atoms with Crippen molar-refractivity contribution in [3.8, 4) is 5.75 Å². The van der Waals surface area contributed by atoms with E-state index in [1.807, 2.05) is 0 Å². The van der Waals surface area contributed by atoms with Gasteiger partial charge in [-0.05, 0) is 36.5 Å². The van der Waals surface area contributed by atoms with Crippen molar-refractivity contribution < 1.29 is 4.74 Å². The number of benzene rings is 1. The molecule has 2 N–H and O–H groups in total. The zero-order chi connectivity index (χ0) is 9.60. The molecule has 1 aliphatic carbocycles. The average molecular weight is 189 g/mol. The lowest BCUT2D eigenvalue weighted by atomic mass is 9.72. The molecule has 2 aliphatic rings. The van der Waals surface area contributed by atoms with Gasteiger partial charge < -0.3 is 10.5 Å². The lowest BCUT2D eigenvalue weighted by Gasteiger charge is -2.38. The molecule has 2 nitrogen and oxygen atoms in total. The summed E-state index contributed by atoms with van der Waals surface area (Å²) in [5, 5.41) is 0. The van der Waals surface area contributed by atoms with E-state index in [-0.39, 0.29) is 5.54 Å². The normalized spacial score (nSPS) is 22.4. The Balaban J connectivity index is 2.00. The fourth-order valence-corrected chi connectivity index (χ4v) is 2.34. The van der Waals surface area contributed by atoms with Crippen LogP contribution in [-0.4, -0.2) is 6.61 Å². The maximum Gasteiger partial charge on any atom is 0.122 e. The highest BCUT2D eigenvalue weighted by atomic mass is 16.5. The van der Waals surface area contributed by atoms with Crippen molar-refractivity contribution in [1.82, 2.24) is 0 Å². The minimum absolute atomic E-state index is 0.0301. The first kappa shape index (κ1) is 8.30. The zero-order valence-corrected chi connectivity index (χ0v) is 8.25. The minimum atomic E-state index is -0.0301. The molecule has 1 fully saturated rings. The van der Waals surface area contributed by atoms with Crippen molar-refractivity contribution in [2.45, 2.75) is 31.2 Å². The summed E-state index contributed by atoms with van der Waals surface area (Å²) < 4.78 is 5.48. The Hall–Kier alpha value is -1.02. The first-order valence-electron chi connectivity index (χ1n) is 5.33. The van der Waals surface area contributed by atoms with Crippen molar-refractivity contribution >= 4 is 0 Å². The second-order valence-electron chi connectivity index (χ2n) is 4.43. The molecule has 1 aromatic rings. The fraction of sp³-hybridized carbons (Fsp3) is 0.500. The van der Waals surface area contributed by atoms with Crippen LogP contribution in [0, 0.1) is 0 Å². The maximum absolute atomic E-state index is 6.28. The molecule has 1 aliphatic heterocycles. The molecule has 0 saturated heterocycles. The van der Waals surface area contributed by atoms with Gasteiger partial charge in [0.1, 0.15) is 5.75 Å². The zero-order valence-electron chi connectivity index (χ0n) is 8.25. The third kappa shape index (κ3) is 1.07. The Morgan fingerprint density at radius 1 is 1.29 bits per heavy atom. The van der Waals surface area contributed by atoms with Crippen LogP contribution < -0.4 is 10.5 Å². The van der Waals surface area contributed by atoms with Crippen molar-refractivity contribution in [1.29, 1.82) is 0 Å². The van der Waals surface area contributed by atoms with E-state index >= 15 is 0 Å². The van der Waals surface area contributed by atoms with Crippen LogP contribution in [0.2, 0.25) is 0 Å². The molecule has 0 spiro atoms. The Morgan fingerprint density at radius 3 is 2.86 bits per heavy atom. The van der Waals surface area contributed by atoms with Gasteiger partial charge in [0.2, 0.25) is 0 Å². The summed E-state index contributed by atoms with van der Waals surface area (Å²) in [6.07, 6.45) is 4.57. The van der Waals surface area contributed by atoms with E-state index in [4.69, 9.17) is 10.5 Å². The van der Waals surface area contributed by atoms with Crippen LogP contribution in [0.25, 0.3) is 0 Å². The number of fused-ring (bicyclic) bond motifs is 1. The molecule has 0 bridgehead atoms. The highest BCUT2D eigenvalue weighted by molar-refractivity contribution is 5.42. The van der Waals surface area contributed by atoms with Gasteiger partial charge in [-0.1, -0.05) is 12.1 Å². The van der Waals surface area contributed by atoms with Gasteiger partial charge in [0, 0.05) is 12.0 Å². The molecule has 0 atom stereocenters. The fourth-order valence-electron chi connectivity index (χ4n) is 2.34. The van der Waals surface area contributed by atoms with Crippen LogP contribution in [0.3, 0.4) is 0 Å². The summed E-state index contributed by atoms with van der Waals surface area (Å²) in [5.74, 6) is 1.05. The third-order valence-corrected chi connectivity index (χ3v) is 3.51. The topological polar surface area (TPSA) is 35.2 Å². The van der Waals surface area contributed by atoms with E-state index in [0.717, 1.165) is 31.6 Å². The highest BCUT2D eigenvalue weighted by Crippen LogP contribution is 2.40. The molecular formula is C12H15NO. The molecule has 1 aromatic carbocycles. The molecule has 74 valence electrons. The molecule has 0 unspecified atom stereocenters. The van der Waals surface area contributed by atoms with Gasteiger partial charge in [-0.25, -0.2) is 0 Å². The van der Waals surface area contributed by atoms with Crippen molar-refractivity contribution in [2.24, 2.45) is 5.73 Å². The molecule has 2 heteroatoms. The summed E-state index contributed by atoms with van der Waals surface area (Å²) >= 11 is 0. The maximum atomic E-state index is 6.28. The van der Waals surface area contributed by atoms with Crippen LogP contribution in [0.4, 0.5) is 0 Å². The molecule has 3 rings (SSSR count). The molecule has 0 amide bonds. The predicted octanol–water partition coefficient (Wildman–Crippen LogP) is 1.96. The molecule has 0 radical (unpaired) electrons. The summed E-state index contributed by atoms with van der Waals surface area (Å²) in [4.78, 5) is 0. The van der Waals surface area contributed by atoms with E-state index in [1.54, 1.807) is 0 Å². The average Bonchev–Trinajstić information content (AvgIpc) is 2.60. The van der Waals surface area contributed by atoms with Gasteiger partial charge in [-0.3, -0.25) is 0 Å². The van der Waals surface area contributed by atoms with Crippen LogP contribution in [0.1, 0.15) is 30.4 Å². The van der Waals surface area contributed by atoms with Crippen molar-refractivity contribution in [3.05, 3.63) is 29.3 Å². The van der Waals surface area contributed by atoms with Gasteiger partial charge in [0.15, 0.2) is 0 Å². The quantitative estimate of drug-likeness (QED) is 0.733. The second kappa shape index (κ2) is 2.74. The summed E-state index contributed by atoms with van der Waals surface area (Å²) in [6, 6.07) is 6.44. The predicted molar refractivity (Wildman–Crippen MR) is 55.4 cm³/mol. The number of hydrogen-bond acceptors (Lipinski definition) is 2. The van der Waals surface area contributed by atoms with Crippen LogP contribution in [0.5, 0.6) is 5.75 Å². The van der Waals surface area contributed by atoms with E-state index < -0.39 is 0 Å². The smallest absolute Gasteiger partial charge is 0.122 e. The van der Waals surface area contributed by atoms with Crippen LogP contribution in [-0.2, 0) is 12.0 Å². The Bertz CT molecular complexity index is 369. The minimum Gasteiger partial charge on any atom is -0.493 e. The van der Waals surface area contributed by atoms with Gasteiger partial charge in [-0.2, -0.15) is 0 Å². The first-order chi connectivity index (χ1) is 6.78. The van der Waals surface area contributed by atoms with Crippen molar-refractivity contribution in [2.75, 3.05) is 6.61 Å².